The molecule has 0 spiro atoms. The van der Waals surface area contributed by atoms with Gasteiger partial charge < -0.3 is 29.9 Å². The summed E-state index contributed by atoms with van der Waals surface area (Å²) in [4.78, 5) is 26.2. The van der Waals surface area contributed by atoms with Gasteiger partial charge in [-0.05, 0) is 75.2 Å². The highest BCUT2D eigenvalue weighted by atomic mass is 16.3. The maximum Gasteiger partial charge on any atom is 0.251 e. The largest absolute Gasteiger partial charge is 0.468 e. The molecule has 4 rings (SSSR count). The van der Waals surface area contributed by atoms with Gasteiger partial charge >= 0.3 is 0 Å². The van der Waals surface area contributed by atoms with Crippen molar-refractivity contribution in [2.24, 2.45) is 0 Å². The molecule has 0 aliphatic rings. The van der Waals surface area contributed by atoms with E-state index in [1.807, 2.05) is 75.4 Å². The van der Waals surface area contributed by atoms with Crippen molar-refractivity contribution < 1.29 is 23.5 Å². The number of benzene rings is 2. The van der Waals surface area contributed by atoms with Gasteiger partial charge in [-0.3, -0.25) is 9.59 Å². The molecule has 0 fully saturated rings. The molecule has 2 amide bonds. The van der Waals surface area contributed by atoms with Crippen molar-refractivity contribution in [3.8, 4) is 0 Å². The Balaban J connectivity index is 1.43. The second kappa shape index (κ2) is 13.1. The number of carbonyl (C=O) groups excluding carboxylic acids is 2. The topological polar surface area (TPSA) is 117 Å². The van der Waals surface area contributed by atoms with Crippen molar-refractivity contribution in [3.05, 3.63) is 119 Å². The SMILES string of the molecule is Cc1ccc(C(C)NC(=O)c2cccc(C(=O)N[C@@H](Cc3ccccc3)[C@H](O)CNC(C)c3ccco3)c2)o1. The summed E-state index contributed by atoms with van der Waals surface area (Å²) in [5.74, 6) is 1.49. The first-order valence-electron chi connectivity index (χ1n) is 13.1. The second-order valence-corrected chi connectivity index (χ2v) is 9.71. The fourth-order valence-electron chi connectivity index (χ4n) is 4.32. The summed E-state index contributed by atoms with van der Waals surface area (Å²) < 4.78 is 11.0. The molecule has 0 saturated carbocycles. The summed E-state index contributed by atoms with van der Waals surface area (Å²) in [7, 11) is 0. The molecule has 0 bridgehead atoms. The molecule has 8 nitrogen and oxygen atoms in total. The van der Waals surface area contributed by atoms with Gasteiger partial charge in [-0.15, -0.1) is 0 Å². The third-order valence-electron chi connectivity index (χ3n) is 6.61. The molecule has 2 unspecified atom stereocenters. The van der Waals surface area contributed by atoms with Crippen molar-refractivity contribution >= 4 is 11.8 Å². The van der Waals surface area contributed by atoms with Gasteiger partial charge in [0, 0.05) is 17.7 Å². The number of hydrogen-bond donors (Lipinski definition) is 4. The minimum Gasteiger partial charge on any atom is -0.468 e. The highest BCUT2D eigenvalue weighted by Gasteiger charge is 2.24. The second-order valence-electron chi connectivity index (χ2n) is 9.71. The smallest absolute Gasteiger partial charge is 0.251 e. The lowest BCUT2D eigenvalue weighted by molar-refractivity contribution is 0.0824. The molecule has 39 heavy (non-hydrogen) atoms. The fourth-order valence-corrected chi connectivity index (χ4v) is 4.32. The minimum atomic E-state index is -0.879. The monoisotopic (exact) mass is 529 g/mol. The number of hydrogen-bond acceptors (Lipinski definition) is 6. The summed E-state index contributed by atoms with van der Waals surface area (Å²) >= 11 is 0. The van der Waals surface area contributed by atoms with Gasteiger partial charge in [-0.2, -0.15) is 0 Å². The van der Waals surface area contributed by atoms with Crippen LogP contribution in [0.15, 0.2) is 94.0 Å². The average molecular weight is 530 g/mol. The van der Waals surface area contributed by atoms with E-state index in [0.29, 0.717) is 23.3 Å². The van der Waals surface area contributed by atoms with Crippen LogP contribution in [0.25, 0.3) is 0 Å². The Bertz CT molecular complexity index is 1350. The van der Waals surface area contributed by atoms with Gasteiger partial charge in [0.15, 0.2) is 0 Å². The van der Waals surface area contributed by atoms with E-state index in [1.165, 1.54) is 0 Å². The number of furan rings is 2. The first-order chi connectivity index (χ1) is 18.8. The molecule has 0 saturated heterocycles. The molecule has 0 radical (unpaired) electrons. The Kier molecular flexibility index (Phi) is 9.35. The Morgan fingerprint density at radius 3 is 2.18 bits per heavy atom. The van der Waals surface area contributed by atoms with E-state index < -0.39 is 12.1 Å². The third-order valence-corrected chi connectivity index (χ3v) is 6.61. The van der Waals surface area contributed by atoms with Gasteiger partial charge in [0.05, 0.1) is 30.5 Å². The van der Waals surface area contributed by atoms with Gasteiger partial charge in [0.25, 0.3) is 11.8 Å². The Morgan fingerprint density at radius 2 is 1.54 bits per heavy atom. The van der Waals surface area contributed by atoms with E-state index in [1.54, 1.807) is 30.5 Å². The zero-order chi connectivity index (χ0) is 27.8. The van der Waals surface area contributed by atoms with Crippen molar-refractivity contribution in [2.45, 2.75) is 51.4 Å². The van der Waals surface area contributed by atoms with Gasteiger partial charge in [0.2, 0.25) is 0 Å². The molecule has 4 N–H and O–H groups in total. The van der Waals surface area contributed by atoms with Crippen LogP contribution in [0.4, 0.5) is 0 Å². The van der Waals surface area contributed by atoms with Crippen LogP contribution >= 0.6 is 0 Å². The van der Waals surface area contributed by atoms with Crippen molar-refractivity contribution in [2.75, 3.05) is 6.54 Å². The van der Waals surface area contributed by atoms with Gasteiger partial charge in [-0.25, -0.2) is 0 Å². The number of aliphatic hydroxyl groups is 1. The summed E-state index contributed by atoms with van der Waals surface area (Å²) in [6.45, 7) is 5.87. The lowest BCUT2D eigenvalue weighted by atomic mass is 10.00. The molecule has 4 aromatic rings. The predicted molar refractivity (Wildman–Crippen MR) is 148 cm³/mol. The van der Waals surface area contributed by atoms with E-state index >= 15 is 0 Å². The highest BCUT2D eigenvalue weighted by Crippen LogP contribution is 2.17. The normalized spacial score (nSPS) is 14.3. The number of nitrogens with one attached hydrogen (secondary N) is 3. The third kappa shape index (κ3) is 7.69. The molecule has 204 valence electrons. The highest BCUT2D eigenvalue weighted by molar-refractivity contribution is 5.99. The van der Waals surface area contributed by atoms with Crippen LogP contribution in [0, 0.1) is 6.92 Å². The number of rotatable bonds is 12. The van der Waals surface area contributed by atoms with Crippen LogP contribution in [0.3, 0.4) is 0 Å². The van der Waals surface area contributed by atoms with Crippen molar-refractivity contribution in [1.82, 2.24) is 16.0 Å². The predicted octanol–water partition coefficient (Wildman–Crippen LogP) is 4.72. The zero-order valence-corrected chi connectivity index (χ0v) is 22.4. The van der Waals surface area contributed by atoms with Crippen LogP contribution in [-0.4, -0.2) is 35.6 Å². The van der Waals surface area contributed by atoms with E-state index in [9.17, 15) is 14.7 Å². The van der Waals surface area contributed by atoms with Crippen LogP contribution in [0.5, 0.6) is 0 Å². The maximum atomic E-state index is 13.3. The number of aryl methyl sites for hydroxylation is 1. The van der Waals surface area contributed by atoms with E-state index in [0.717, 1.165) is 17.1 Å². The molecule has 0 aliphatic carbocycles. The first kappa shape index (κ1) is 27.9. The Morgan fingerprint density at radius 1 is 0.821 bits per heavy atom. The zero-order valence-electron chi connectivity index (χ0n) is 22.4. The van der Waals surface area contributed by atoms with Gasteiger partial charge in [-0.1, -0.05) is 36.4 Å². The molecular weight excluding hydrogens is 494 g/mol. The van der Waals surface area contributed by atoms with Crippen LogP contribution in [0.1, 0.15) is 69.5 Å². The van der Waals surface area contributed by atoms with Crippen LogP contribution in [0.2, 0.25) is 0 Å². The summed E-state index contributed by atoms with van der Waals surface area (Å²) in [6, 6.07) is 22.5. The van der Waals surface area contributed by atoms with Crippen LogP contribution < -0.4 is 16.0 Å². The minimum absolute atomic E-state index is 0.106. The molecule has 2 heterocycles. The van der Waals surface area contributed by atoms with E-state index in [4.69, 9.17) is 8.83 Å². The first-order valence-corrected chi connectivity index (χ1v) is 13.1. The molecule has 0 aliphatic heterocycles. The number of amides is 2. The summed E-state index contributed by atoms with van der Waals surface area (Å²) in [5, 5.41) is 20.2. The maximum absolute atomic E-state index is 13.3. The van der Waals surface area contributed by atoms with Crippen molar-refractivity contribution in [1.29, 1.82) is 0 Å². The lowest BCUT2D eigenvalue weighted by Gasteiger charge is -2.26. The molecule has 8 heteroatoms. The molecular formula is C31H35N3O5. The number of aliphatic hydroxyl groups excluding tert-OH is 1. The molecule has 4 atom stereocenters. The Labute approximate surface area is 228 Å². The number of carbonyl (C=O) groups is 2. The van der Waals surface area contributed by atoms with E-state index in [2.05, 4.69) is 16.0 Å². The quantitative estimate of drug-likeness (QED) is 0.211. The molecule has 2 aromatic heterocycles. The lowest BCUT2D eigenvalue weighted by Crippen LogP contribution is -2.49. The molecule has 2 aromatic carbocycles. The average Bonchev–Trinajstić information content (AvgIpc) is 3.64. The summed E-state index contributed by atoms with van der Waals surface area (Å²) in [5.41, 5.74) is 1.66. The van der Waals surface area contributed by atoms with E-state index in [-0.39, 0.29) is 30.4 Å². The Hall–Kier alpha value is -4.14. The van der Waals surface area contributed by atoms with Crippen LogP contribution in [-0.2, 0) is 6.42 Å². The standard InChI is InChI=1S/C31H35N3O5/c1-20-14-15-29(39-20)22(3)33-30(36)24-11-7-12-25(18-24)31(37)34-26(17-23-9-5-4-6-10-23)27(35)19-32-21(2)28-13-8-16-38-28/h4-16,18,21-22,26-27,32,35H,17,19H2,1-3H3,(H,33,36)(H,34,37)/t21?,22?,26-,27+/m0/s1. The van der Waals surface area contributed by atoms with Crippen molar-refractivity contribution in [3.63, 3.8) is 0 Å². The van der Waals surface area contributed by atoms with Gasteiger partial charge in [0.1, 0.15) is 17.3 Å². The summed E-state index contributed by atoms with van der Waals surface area (Å²) in [6.07, 6.45) is 1.16. The fraction of sp³-hybridized carbons (Fsp3) is 0.290.